The molecule has 1 aromatic heterocycles. The van der Waals surface area contributed by atoms with Crippen molar-refractivity contribution in [2.24, 2.45) is 0 Å². The zero-order valence-electron chi connectivity index (χ0n) is 16.4. The molecule has 1 aliphatic rings. The van der Waals surface area contributed by atoms with E-state index in [-0.39, 0.29) is 30.2 Å². The summed E-state index contributed by atoms with van der Waals surface area (Å²) in [7, 11) is 0. The van der Waals surface area contributed by atoms with Crippen LogP contribution in [0.1, 0.15) is 33.4 Å². The lowest BCUT2D eigenvalue weighted by molar-refractivity contribution is 0.0634. The number of aryl methyl sites for hydroxylation is 2. The molecule has 1 unspecified atom stereocenters. The second-order valence-electron chi connectivity index (χ2n) is 7.16. The van der Waals surface area contributed by atoms with E-state index in [0.717, 1.165) is 29.2 Å². The van der Waals surface area contributed by atoms with Crippen molar-refractivity contribution >= 4 is 18.3 Å². The summed E-state index contributed by atoms with van der Waals surface area (Å²) in [6.45, 7) is 5.88. The van der Waals surface area contributed by atoms with Crippen LogP contribution in [0.3, 0.4) is 0 Å². The summed E-state index contributed by atoms with van der Waals surface area (Å²) < 4.78 is 15.5. The average Bonchev–Trinajstić information content (AvgIpc) is 3.05. The van der Waals surface area contributed by atoms with E-state index in [9.17, 15) is 9.18 Å². The van der Waals surface area contributed by atoms with Crippen LogP contribution < -0.4 is 5.32 Å². The maximum atomic E-state index is 13.7. The van der Waals surface area contributed by atoms with Crippen molar-refractivity contribution < 1.29 is 9.18 Å². The van der Waals surface area contributed by atoms with Gasteiger partial charge in [-0.1, -0.05) is 12.1 Å². The molecule has 1 fully saturated rings. The number of hydrogen-bond acceptors (Lipinski definition) is 3. The predicted molar refractivity (Wildman–Crippen MR) is 113 cm³/mol. The molecule has 3 aromatic rings. The van der Waals surface area contributed by atoms with Crippen LogP contribution >= 0.6 is 12.4 Å². The SMILES string of the molecule is Cc1cc(C)n(-c2ccc(C(=O)N3CCNCC3c3cccc(F)c3)cc2)n1.Cl. The molecule has 1 saturated heterocycles. The zero-order chi connectivity index (χ0) is 19.7. The van der Waals surface area contributed by atoms with Crippen LogP contribution in [0.25, 0.3) is 5.69 Å². The van der Waals surface area contributed by atoms with Crippen LogP contribution in [-0.4, -0.2) is 40.2 Å². The Hall–Kier alpha value is -2.70. The minimum Gasteiger partial charge on any atom is -0.329 e. The number of carbonyl (C=O) groups excluding carboxylic acids is 1. The highest BCUT2D eigenvalue weighted by molar-refractivity contribution is 5.94. The number of hydrogen-bond donors (Lipinski definition) is 1. The van der Waals surface area contributed by atoms with Gasteiger partial charge < -0.3 is 10.2 Å². The Bertz CT molecular complexity index is 1000. The van der Waals surface area contributed by atoms with Crippen LogP contribution in [0, 0.1) is 19.7 Å². The molecule has 2 aromatic carbocycles. The molecule has 2 heterocycles. The molecule has 1 N–H and O–H groups in total. The second kappa shape index (κ2) is 8.76. The number of amides is 1. The quantitative estimate of drug-likeness (QED) is 0.708. The molecule has 152 valence electrons. The summed E-state index contributed by atoms with van der Waals surface area (Å²) in [4.78, 5) is 15.0. The van der Waals surface area contributed by atoms with E-state index in [4.69, 9.17) is 0 Å². The van der Waals surface area contributed by atoms with E-state index < -0.39 is 0 Å². The van der Waals surface area contributed by atoms with E-state index >= 15 is 0 Å². The Morgan fingerprint density at radius 1 is 1.14 bits per heavy atom. The summed E-state index contributed by atoms with van der Waals surface area (Å²) in [5.74, 6) is -0.333. The van der Waals surface area contributed by atoms with Gasteiger partial charge in [0.1, 0.15) is 5.82 Å². The molecular weight excluding hydrogens is 391 g/mol. The van der Waals surface area contributed by atoms with E-state index in [2.05, 4.69) is 10.4 Å². The van der Waals surface area contributed by atoms with Gasteiger partial charge >= 0.3 is 0 Å². The molecule has 0 aliphatic carbocycles. The van der Waals surface area contributed by atoms with Crippen molar-refractivity contribution in [1.29, 1.82) is 0 Å². The number of halogens is 2. The van der Waals surface area contributed by atoms with Gasteiger partial charge in [-0.05, 0) is 61.9 Å². The molecule has 1 aliphatic heterocycles. The number of rotatable bonds is 3. The van der Waals surface area contributed by atoms with Crippen molar-refractivity contribution in [2.45, 2.75) is 19.9 Å². The summed E-state index contributed by atoms with van der Waals surface area (Å²) >= 11 is 0. The highest BCUT2D eigenvalue weighted by Crippen LogP contribution is 2.25. The summed E-state index contributed by atoms with van der Waals surface area (Å²) in [6.07, 6.45) is 0. The van der Waals surface area contributed by atoms with Crippen molar-refractivity contribution in [3.05, 3.63) is 82.9 Å². The minimum absolute atomic E-state index is 0. The van der Waals surface area contributed by atoms with Gasteiger partial charge in [-0.3, -0.25) is 4.79 Å². The third-order valence-corrected chi connectivity index (χ3v) is 5.11. The van der Waals surface area contributed by atoms with Crippen molar-refractivity contribution in [1.82, 2.24) is 20.0 Å². The number of nitrogens with zero attached hydrogens (tertiary/aromatic N) is 3. The molecule has 1 atom stereocenters. The monoisotopic (exact) mass is 414 g/mol. The fraction of sp³-hybridized carbons (Fsp3) is 0.273. The van der Waals surface area contributed by atoms with Gasteiger partial charge in [0.05, 0.1) is 17.4 Å². The third-order valence-electron chi connectivity index (χ3n) is 5.11. The Morgan fingerprint density at radius 3 is 2.55 bits per heavy atom. The molecule has 0 bridgehead atoms. The lowest BCUT2D eigenvalue weighted by Crippen LogP contribution is -2.48. The highest BCUT2D eigenvalue weighted by atomic mass is 35.5. The topological polar surface area (TPSA) is 50.2 Å². The van der Waals surface area contributed by atoms with Gasteiger partial charge in [-0.15, -0.1) is 12.4 Å². The van der Waals surface area contributed by atoms with Crippen LogP contribution in [0.2, 0.25) is 0 Å². The Kier molecular flexibility index (Phi) is 6.35. The first kappa shape index (κ1) is 21.0. The number of benzene rings is 2. The molecule has 5 nitrogen and oxygen atoms in total. The van der Waals surface area contributed by atoms with Crippen LogP contribution in [0.5, 0.6) is 0 Å². The Balaban J connectivity index is 0.00000240. The van der Waals surface area contributed by atoms with Gasteiger partial charge in [0.25, 0.3) is 5.91 Å². The number of carbonyl (C=O) groups is 1. The van der Waals surface area contributed by atoms with E-state index in [1.165, 1.54) is 12.1 Å². The maximum Gasteiger partial charge on any atom is 0.254 e. The first-order chi connectivity index (χ1) is 13.5. The lowest BCUT2D eigenvalue weighted by Gasteiger charge is -2.36. The average molecular weight is 415 g/mol. The summed E-state index contributed by atoms with van der Waals surface area (Å²) in [5.41, 5.74) is 4.35. The lowest BCUT2D eigenvalue weighted by atomic mass is 10.0. The fourth-order valence-electron chi connectivity index (χ4n) is 3.76. The summed E-state index contributed by atoms with van der Waals surface area (Å²) in [6, 6.07) is 15.8. The molecule has 0 spiro atoms. The second-order valence-corrected chi connectivity index (χ2v) is 7.16. The molecule has 0 saturated carbocycles. The van der Waals surface area contributed by atoms with E-state index in [1.54, 1.807) is 6.07 Å². The first-order valence-electron chi connectivity index (χ1n) is 9.44. The summed E-state index contributed by atoms with van der Waals surface area (Å²) in [5, 5.41) is 7.78. The largest absolute Gasteiger partial charge is 0.329 e. The van der Waals surface area contributed by atoms with Gasteiger partial charge in [-0.25, -0.2) is 9.07 Å². The fourth-order valence-corrected chi connectivity index (χ4v) is 3.76. The zero-order valence-corrected chi connectivity index (χ0v) is 17.2. The van der Waals surface area contributed by atoms with Gasteiger partial charge in [0.15, 0.2) is 0 Å². The first-order valence-corrected chi connectivity index (χ1v) is 9.44. The molecule has 7 heteroatoms. The Morgan fingerprint density at radius 2 is 1.90 bits per heavy atom. The van der Waals surface area contributed by atoms with E-state index in [1.807, 2.05) is 59.8 Å². The third kappa shape index (κ3) is 4.33. The maximum absolute atomic E-state index is 13.7. The molecule has 1 amide bonds. The normalized spacial score (nSPS) is 16.4. The number of aromatic nitrogens is 2. The van der Waals surface area contributed by atoms with E-state index in [0.29, 0.717) is 18.7 Å². The highest BCUT2D eigenvalue weighted by Gasteiger charge is 2.28. The molecule has 0 radical (unpaired) electrons. The van der Waals surface area contributed by atoms with Crippen LogP contribution in [0.15, 0.2) is 54.6 Å². The predicted octanol–water partition coefficient (Wildman–Crippen LogP) is 3.84. The van der Waals surface area contributed by atoms with Crippen molar-refractivity contribution in [3.8, 4) is 5.69 Å². The van der Waals surface area contributed by atoms with Crippen molar-refractivity contribution in [2.75, 3.05) is 19.6 Å². The standard InChI is InChI=1S/C22H23FN4O.ClH/c1-15-12-16(2)27(25-15)20-8-6-17(7-9-20)22(28)26-11-10-24-14-21(26)18-4-3-5-19(23)13-18;/h3-9,12-13,21,24H,10-11,14H2,1-2H3;1H. The minimum atomic E-state index is -0.287. The Labute approximate surface area is 175 Å². The van der Waals surface area contributed by atoms with Crippen molar-refractivity contribution in [3.63, 3.8) is 0 Å². The van der Waals surface area contributed by atoms with Gasteiger partial charge in [0, 0.05) is 30.9 Å². The van der Waals surface area contributed by atoms with Crippen LogP contribution in [0.4, 0.5) is 4.39 Å². The van der Waals surface area contributed by atoms with Gasteiger partial charge in [-0.2, -0.15) is 5.10 Å². The number of nitrogens with one attached hydrogen (secondary N) is 1. The smallest absolute Gasteiger partial charge is 0.254 e. The molecular formula is C22H24ClFN4O. The number of piperazine rings is 1. The van der Waals surface area contributed by atoms with Gasteiger partial charge in [0.2, 0.25) is 0 Å². The van der Waals surface area contributed by atoms with Crippen LogP contribution in [-0.2, 0) is 0 Å². The molecule has 29 heavy (non-hydrogen) atoms. The molecule has 4 rings (SSSR count).